The van der Waals surface area contributed by atoms with Gasteiger partial charge in [-0.15, -0.1) is 5.10 Å². The molecular weight excluding hydrogens is 472 g/mol. The highest BCUT2D eigenvalue weighted by Gasteiger charge is 2.33. The van der Waals surface area contributed by atoms with Gasteiger partial charge in [0.2, 0.25) is 0 Å². The number of imidazole rings is 1. The number of fused-ring (bicyclic) bond motifs is 1. The van der Waals surface area contributed by atoms with Gasteiger partial charge >= 0.3 is 0 Å². The van der Waals surface area contributed by atoms with E-state index in [9.17, 15) is 0 Å². The molecule has 3 heterocycles. The van der Waals surface area contributed by atoms with Crippen LogP contribution in [0.5, 0.6) is 0 Å². The van der Waals surface area contributed by atoms with Crippen molar-refractivity contribution < 1.29 is 0 Å². The molecular formula is C30H30N8. The van der Waals surface area contributed by atoms with Crippen LogP contribution in [0.25, 0.3) is 33.5 Å². The van der Waals surface area contributed by atoms with Crippen molar-refractivity contribution in [2.75, 3.05) is 13.1 Å². The third-order valence-corrected chi connectivity index (χ3v) is 7.55. The molecule has 0 amide bonds. The third-order valence-electron chi connectivity index (χ3n) is 7.55. The lowest BCUT2D eigenvalue weighted by Crippen LogP contribution is -2.30. The van der Waals surface area contributed by atoms with Gasteiger partial charge in [-0.05, 0) is 64.6 Å². The Morgan fingerprint density at radius 3 is 2.53 bits per heavy atom. The zero-order valence-electron chi connectivity index (χ0n) is 21.5. The van der Waals surface area contributed by atoms with Crippen molar-refractivity contribution in [2.45, 2.75) is 45.2 Å². The van der Waals surface area contributed by atoms with Crippen molar-refractivity contribution in [3.8, 4) is 22.5 Å². The number of tetrazole rings is 1. The normalized spacial score (nSPS) is 15.4. The van der Waals surface area contributed by atoms with Crippen LogP contribution < -0.4 is 0 Å². The number of benzene rings is 3. The van der Waals surface area contributed by atoms with Gasteiger partial charge in [0.05, 0.1) is 17.6 Å². The second kappa shape index (κ2) is 9.52. The zero-order valence-corrected chi connectivity index (χ0v) is 21.5. The Balaban J connectivity index is 1.22. The first-order valence-corrected chi connectivity index (χ1v) is 13.5. The lowest BCUT2D eigenvalue weighted by atomic mass is 9.98. The number of aryl methyl sites for hydroxylation is 1. The molecule has 1 N–H and O–H groups in total. The molecule has 38 heavy (non-hydrogen) atoms. The lowest BCUT2D eigenvalue weighted by Gasteiger charge is -2.20. The Morgan fingerprint density at radius 2 is 1.76 bits per heavy atom. The number of amidine groups is 1. The molecule has 0 spiro atoms. The van der Waals surface area contributed by atoms with Crippen molar-refractivity contribution in [3.05, 3.63) is 83.7 Å². The number of rotatable bonds is 8. The molecule has 190 valence electrons. The number of H-pyrrole nitrogens is 1. The van der Waals surface area contributed by atoms with E-state index in [1.165, 1.54) is 29.5 Å². The molecule has 1 saturated carbocycles. The third kappa shape index (κ3) is 4.16. The Hall–Kier alpha value is -4.33. The van der Waals surface area contributed by atoms with Gasteiger partial charge in [0.15, 0.2) is 5.82 Å². The summed E-state index contributed by atoms with van der Waals surface area (Å²) in [6, 6.07) is 24.3. The number of aromatic amines is 1. The second-order valence-corrected chi connectivity index (χ2v) is 10.2. The van der Waals surface area contributed by atoms with Crippen molar-refractivity contribution in [1.29, 1.82) is 0 Å². The highest BCUT2D eigenvalue weighted by Crippen LogP contribution is 2.32. The summed E-state index contributed by atoms with van der Waals surface area (Å²) in [5, 5.41) is 14.5. The van der Waals surface area contributed by atoms with Crippen LogP contribution in [-0.4, -0.2) is 60.0 Å². The Labute approximate surface area is 221 Å². The maximum absolute atomic E-state index is 5.03. The maximum Gasteiger partial charge on any atom is 0.180 e. The van der Waals surface area contributed by atoms with E-state index < -0.39 is 0 Å². The van der Waals surface area contributed by atoms with Gasteiger partial charge in [-0.25, -0.2) is 10.1 Å². The summed E-state index contributed by atoms with van der Waals surface area (Å²) in [5.74, 6) is 2.96. The molecule has 0 unspecified atom stereocenters. The predicted octanol–water partition coefficient (Wildman–Crippen LogP) is 5.11. The molecule has 0 radical (unpaired) electrons. The number of aliphatic imine (C=N–C) groups is 1. The van der Waals surface area contributed by atoms with E-state index in [1.54, 1.807) is 0 Å². The second-order valence-electron chi connectivity index (χ2n) is 10.2. The molecule has 8 heteroatoms. The minimum absolute atomic E-state index is 0.668. The van der Waals surface area contributed by atoms with Gasteiger partial charge in [0.1, 0.15) is 11.7 Å². The summed E-state index contributed by atoms with van der Waals surface area (Å²) in [5.41, 5.74) is 7.90. The van der Waals surface area contributed by atoms with Crippen LogP contribution in [-0.2, 0) is 13.0 Å². The van der Waals surface area contributed by atoms with Crippen molar-refractivity contribution in [3.63, 3.8) is 0 Å². The Kier molecular flexibility index (Phi) is 5.72. The van der Waals surface area contributed by atoms with Crippen LogP contribution in [0.1, 0.15) is 43.1 Å². The largest absolute Gasteiger partial charge is 0.352 e. The van der Waals surface area contributed by atoms with E-state index in [0.717, 1.165) is 66.3 Å². The lowest BCUT2D eigenvalue weighted by molar-refractivity contribution is 0.449. The number of aromatic nitrogens is 6. The smallest absolute Gasteiger partial charge is 0.180 e. The first-order valence-electron chi connectivity index (χ1n) is 13.5. The molecule has 2 aliphatic rings. The number of hydrogen-bond acceptors (Lipinski definition) is 6. The maximum atomic E-state index is 5.03. The van der Waals surface area contributed by atoms with E-state index in [2.05, 4.69) is 85.5 Å². The summed E-state index contributed by atoms with van der Waals surface area (Å²) in [6.07, 6.45) is 4.59. The van der Waals surface area contributed by atoms with Crippen LogP contribution in [0.2, 0.25) is 0 Å². The minimum atomic E-state index is 0.668. The van der Waals surface area contributed by atoms with Crippen LogP contribution >= 0.6 is 0 Å². The zero-order chi connectivity index (χ0) is 25.5. The molecule has 1 fully saturated rings. The molecule has 1 aliphatic heterocycles. The summed E-state index contributed by atoms with van der Waals surface area (Å²) >= 11 is 0. The van der Waals surface area contributed by atoms with E-state index in [-0.39, 0.29) is 0 Å². The quantitative estimate of drug-likeness (QED) is 0.319. The summed E-state index contributed by atoms with van der Waals surface area (Å²) in [7, 11) is 0. The van der Waals surface area contributed by atoms with Gasteiger partial charge in [-0.3, -0.25) is 4.99 Å². The highest BCUT2D eigenvalue weighted by molar-refractivity contribution is 6.02. The van der Waals surface area contributed by atoms with Gasteiger partial charge in [-0.2, -0.15) is 0 Å². The van der Waals surface area contributed by atoms with Gasteiger partial charge in [0, 0.05) is 36.7 Å². The SMILES string of the molecule is CCCc1nc2ccc(C3=NCCN3C3CC3)cc2n1Cc1ccc(-c2ccccc2-c2nnn[nH]2)cc1. The fraction of sp³-hybridized carbons (Fsp3) is 0.300. The van der Waals surface area contributed by atoms with E-state index in [4.69, 9.17) is 9.98 Å². The van der Waals surface area contributed by atoms with Crippen molar-refractivity contribution in [1.82, 2.24) is 35.1 Å². The molecule has 0 saturated heterocycles. The van der Waals surface area contributed by atoms with Crippen LogP contribution in [0.15, 0.2) is 71.7 Å². The van der Waals surface area contributed by atoms with Crippen molar-refractivity contribution >= 4 is 16.9 Å². The fourth-order valence-corrected chi connectivity index (χ4v) is 5.55. The molecule has 0 bridgehead atoms. The molecule has 1 aliphatic carbocycles. The van der Waals surface area contributed by atoms with E-state index in [0.29, 0.717) is 11.9 Å². The topological polar surface area (TPSA) is 87.9 Å². The molecule has 5 aromatic rings. The number of nitrogens with one attached hydrogen (secondary N) is 1. The average Bonchev–Trinajstić information content (AvgIpc) is 3.32. The molecule has 0 atom stereocenters. The van der Waals surface area contributed by atoms with Crippen LogP contribution in [0.3, 0.4) is 0 Å². The first kappa shape index (κ1) is 22.8. The Morgan fingerprint density at radius 1 is 0.947 bits per heavy atom. The molecule has 8 nitrogen and oxygen atoms in total. The fourth-order valence-electron chi connectivity index (χ4n) is 5.55. The van der Waals surface area contributed by atoms with Gasteiger partial charge in [0.25, 0.3) is 0 Å². The predicted molar refractivity (Wildman–Crippen MR) is 149 cm³/mol. The Bertz CT molecular complexity index is 1610. The molecule has 2 aromatic heterocycles. The molecule has 3 aromatic carbocycles. The monoisotopic (exact) mass is 502 g/mol. The van der Waals surface area contributed by atoms with Gasteiger partial charge < -0.3 is 9.47 Å². The van der Waals surface area contributed by atoms with Crippen LogP contribution in [0, 0.1) is 0 Å². The summed E-state index contributed by atoms with van der Waals surface area (Å²) < 4.78 is 2.39. The van der Waals surface area contributed by atoms with E-state index >= 15 is 0 Å². The van der Waals surface area contributed by atoms with E-state index in [1.807, 2.05) is 18.2 Å². The van der Waals surface area contributed by atoms with Crippen molar-refractivity contribution in [2.24, 2.45) is 4.99 Å². The number of hydrogen-bond donors (Lipinski definition) is 1. The summed E-state index contributed by atoms with van der Waals surface area (Å²) in [4.78, 5) is 12.4. The first-order chi connectivity index (χ1) is 18.8. The molecule has 7 rings (SSSR count). The highest BCUT2D eigenvalue weighted by atomic mass is 15.5. The average molecular weight is 503 g/mol. The van der Waals surface area contributed by atoms with Crippen LogP contribution in [0.4, 0.5) is 0 Å². The van der Waals surface area contributed by atoms with Gasteiger partial charge in [-0.1, -0.05) is 55.5 Å². The summed E-state index contributed by atoms with van der Waals surface area (Å²) in [6.45, 7) is 4.93. The minimum Gasteiger partial charge on any atom is -0.352 e. The number of nitrogens with zero attached hydrogens (tertiary/aromatic N) is 7. The standard InChI is InChI=1S/C30H30N8/c1-2-5-28-32-26-15-12-22(30-31-16-17-37(30)23-13-14-23)18-27(26)38(28)19-20-8-10-21(11-9-20)24-6-3-4-7-25(24)29-33-35-36-34-29/h3-4,6-12,15,18,23H,2,5,13-14,16-17,19H2,1H3,(H,33,34,35,36).